The SMILES string of the molecule is C#CCCCNCc1cc2ccccc2o1. The zero-order valence-corrected chi connectivity index (χ0v) is 9.20. The third-order valence-corrected chi connectivity index (χ3v) is 2.45. The van der Waals surface area contributed by atoms with E-state index in [-0.39, 0.29) is 0 Å². The van der Waals surface area contributed by atoms with E-state index in [2.05, 4.69) is 23.4 Å². The van der Waals surface area contributed by atoms with Gasteiger partial charge >= 0.3 is 0 Å². The standard InChI is InChI=1S/C14H15NO/c1-2-3-6-9-15-11-13-10-12-7-4-5-8-14(12)16-13/h1,4-5,7-8,10,15H,3,6,9,11H2. The Labute approximate surface area is 95.6 Å². The number of terminal acetylenes is 1. The molecule has 0 aliphatic heterocycles. The number of unbranched alkanes of at least 4 members (excludes halogenated alkanes) is 1. The summed E-state index contributed by atoms with van der Waals surface area (Å²) >= 11 is 0. The Morgan fingerprint density at radius 2 is 2.19 bits per heavy atom. The summed E-state index contributed by atoms with van der Waals surface area (Å²) in [6.07, 6.45) is 7.01. The molecule has 0 amide bonds. The second-order valence-corrected chi connectivity index (χ2v) is 3.73. The van der Waals surface area contributed by atoms with Crippen LogP contribution in [0.5, 0.6) is 0 Å². The second kappa shape index (κ2) is 5.39. The van der Waals surface area contributed by atoms with E-state index >= 15 is 0 Å². The molecule has 1 N–H and O–H groups in total. The molecule has 82 valence electrons. The maximum Gasteiger partial charge on any atom is 0.134 e. The molecule has 0 saturated heterocycles. The number of nitrogens with one attached hydrogen (secondary N) is 1. The minimum Gasteiger partial charge on any atom is -0.460 e. The van der Waals surface area contributed by atoms with Crippen LogP contribution >= 0.6 is 0 Å². The molecule has 2 rings (SSSR count). The number of rotatable bonds is 5. The molecule has 0 saturated carbocycles. The Morgan fingerprint density at radius 1 is 1.31 bits per heavy atom. The van der Waals surface area contributed by atoms with Crippen molar-refractivity contribution in [1.82, 2.24) is 5.32 Å². The van der Waals surface area contributed by atoms with Crippen LogP contribution in [0.25, 0.3) is 11.0 Å². The summed E-state index contributed by atoms with van der Waals surface area (Å²) in [5.74, 6) is 3.60. The molecule has 0 radical (unpaired) electrons. The van der Waals surface area contributed by atoms with Crippen LogP contribution in [-0.2, 0) is 6.54 Å². The number of para-hydroxylation sites is 1. The summed E-state index contributed by atoms with van der Waals surface area (Å²) in [6, 6.07) is 10.1. The highest BCUT2D eigenvalue weighted by Crippen LogP contribution is 2.18. The largest absolute Gasteiger partial charge is 0.460 e. The van der Waals surface area contributed by atoms with E-state index in [0.29, 0.717) is 0 Å². The van der Waals surface area contributed by atoms with Gasteiger partial charge in [-0.3, -0.25) is 0 Å². The van der Waals surface area contributed by atoms with Crippen LogP contribution in [0.15, 0.2) is 34.7 Å². The third kappa shape index (κ3) is 2.65. The van der Waals surface area contributed by atoms with Gasteiger partial charge in [-0.1, -0.05) is 18.2 Å². The van der Waals surface area contributed by atoms with Crippen molar-refractivity contribution in [3.8, 4) is 12.3 Å². The van der Waals surface area contributed by atoms with Gasteiger partial charge in [-0.15, -0.1) is 12.3 Å². The lowest BCUT2D eigenvalue weighted by Crippen LogP contribution is -2.13. The Kier molecular flexibility index (Phi) is 3.63. The van der Waals surface area contributed by atoms with E-state index in [4.69, 9.17) is 10.8 Å². The van der Waals surface area contributed by atoms with E-state index < -0.39 is 0 Å². The smallest absolute Gasteiger partial charge is 0.134 e. The van der Waals surface area contributed by atoms with Gasteiger partial charge in [0.05, 0.1) is 6.54 Å². The molecule has 1 heterocycles. The molecule has 2 aromatic rings. The summed E-state index contributed by atoms with van der Waals surface area (Å²) in [5, 5.41) is 4.46. The molecule has 2 nitrogen and oxygen atoms in total. The lowest BCUT2D eigenvalue weighted by molar-refractivity contribution is 0.511. The first-order valence-corrected chi connectivity index (χ1v) is 5.52. The Balaban J connectivity index is 1.88. The molecule has 2 heteroatoms. The molecule has 0 aliphatic carbocycles. The Morgan fingerprint density at radius 3 is 3.00 bits per heavy atom. The van der Waals surface area contributed by atoms with Gasteiger partial charge in [0.1, 0.15) is 11.3 Å². The van der Waals surface area contributed by atoms with Crippen LogP contribution in [0.1, 0.15) is 18.6 Å². The highest BCUT2D eigenvalue weighted by Gasteiger charge is 2.01. The van der Waals surface area contributed by atoms with Gasteiger partial charge in [-0.05, 0) is 25.1 Å². The molecule has 0 unspecified atom stereocenters. The zero-order chi connectivity index (χ0) is 11.2. The van der Waals surface area contributed by atoms with Crippen molar-refractivity contribution in [3.05, 3.63) is 36.1 Å². The molecule has 0 spiro atoms. The predicted octanol–water partition coefficient (Wildman–Crippen LogP) is 2.94. The molecule has 0 bridgehead atoms. The van der Waals surface area contributed by atoms with Crippen LogP contribution in [0.3, 0.4) is 0 Å². The van der Waals surface area contributed by atoms with Crippen molar-refractivity contribution < 1.29 is 4.42 Å². The Bertz CT molecular complexity index is 460. The topological polar surface area (TPSA) is 25.2 Å². The molecule has 0 fully saturated rings. The average molecular weight is 213 g/mol. The van der Waals surface area contributed by atoms with E-state index in [0.717, 1.165) is 42.7 Å². The fraction of sp³-hybridized carbons (Fsp3) is 0.286. The lowest BCUT2D eigenvalue weighted by atomic mass is 10.2. The molecular formula is C14H15NO. The van der Waals surface area contributed by atoms with Gasteiger partial charge in [-0.25, -0.2) is 0 Å². The van der Waals surface area contributed by atoms with E-state index in [1.807, 2.05) is 18.2 Å². The molecule has 16 heavy (non-hydrogen) atoms. The van der Waals surface area contributed by atoms with Crippen molar-refractivity contribution in [3.63, 3.8) is 0 Å². The summed E-state index contributed by atoms with van der Waals surface area (Å²) < 4.78 is 5.67. The van der Waals surface area contributed by atoms with Crippen LogP contribution in [0, 0.1) is 12.3 Å². The minimum absolute atomic E-state index is 0.763. The van der Waals surface area contributed by atoms with Crippen molar-refractivity contribution in [2.24, 2.45) is 0 Å². The average Bonchev–Trinajstić information content (AvgIpc) is 2.71. The lowest BCUT2D eigenvalue weighted by Gasteiger charge is -1.99. The van der Waals surface area contributed by atoms with Gasteiger partial charge in [0, 0.05) is 11.8 Å². The molecule has 1 aromatic heterocycles. The maximum absolute atomic E-state index is 5.67. The highest BCUT2D eigenvalue weighted by atomic mass is 16.3. The van der Waals surface area contributed by atoms with Crippen LogP contribution in [0.2, 0.25) is 0 Å². The van der Waals surface area contributed by atoms with E-state index in [9.17, 15) is 0 Å². The second-order valence-electron chi connectivity index (χ2n) is 3.73. The fourth-order valence-corrected chi connectivity index (χ4v) is 1.65. The number of fused-ring (bicyclic) bond motifs is 1. The highest BCUT2D eigenvalue weighted by molar-refractivity contribution is 5.77. The number of furan rings is 1. The van der Waals surface area contributed by atoms with Gasteiger partial charge in [-0.2, -0.15) is 0 Å². The van der Waals surface area contributed by atoms with Crippen molar-refractivity contribution in [2.45, 2.75) is 19.4 Å². The normalized spacial score (nSPS) is 10.4. The predicted molar refractivity (Wildman–Crippen MR) is 66.0 cm³/mol. The van der Waals surface area contributed by atoms with Gasteiger partial charge in [0.15, 0.2) is 0 Å². The zero-order valence-electron chi connectivity index (χ0n) is 9.20. The first kappa shape index (κ1) is 10.8. The number of hydrogen-bond donors (Lipinski definition) is 1. The molecular weight excluding hydrogens is 198 g/mol. The monoisotopic (exact) mass is 213 g/mol. The van der Waals surface area contributed by atoms with Crippen molar-refractivity contribution in [1.29, 1.82) is 0 Å². The maximum atomic E-state index is 5.67. The first-order valence-electron chi connectivity index (χ1n) is 5.52. The Hall–Kier alpha value is -1.72. The summed E-state index contributed by atoms with van der Waals surface area (Å²) in [6.45, 7) is 1.69. The quantitative estimate of drug-likeness (QED) is 0.610. The van der Waals surface area contributed by atoms with Gasteiger partial charge in [0.25, 0.3) is 0 Å². The summed E-state index contributed by atoms with van der Waals surface area (Å²) in [4.78, 5) is 0. The van der Waals surface area contributed by atoms with Crippen LogP contribution in [-0.4, -0.2) is 6.54 Å². The third-order valence-electron chi connectivity index (χ3n) is 2.45. The van der Waals surface area contributed by atoms with Crippen molar-refractivity contribution >= 4 is 11.0 Å². The minimum atomic E-state index is 0.763. The van der Waals surface area contributed by atoms with Crippen LogP contribution in [0.4, 0.5) is 0 Å². The summed E-state index contributed by atoms with van der Waals surface area (Å²) in [7, 11) is 0. The van der Waals surface area contributed by atoms with E-state index in [1.165, 1.54) is 0 Å². The molecule has 0 aliphatic rings. The van der Waals surface area contributed by atoms with E-state index in [1.54, 1.807) is 0 Å². The van der Waals surface area contributed by atoms with Crippen molar-refractivity contribution in [2.75, 3.05) is 6.54 Å². The van der Waals surface area contributed by atoms with Crippen LogP contribution < -0.4 is 5.32 Å². The number of hydrogen-bond acceptors (Lipinski definition) is 2. The first-order chi connectivity index (χ1) is 7.90. The number of benzene rings is 1. The molecule has 0 atom stereocenters. The van der Waals surface area contributed by atoms with Gasteiger partial charge in [0.2, 0.25) is 0 Å². The fourth-order valence-electron chi connectivity index (χ4n) is 1.65. The molecule has 1 aromatic carbocycles. The van der Waals surface area contributed by atoms with Gasteiger partial charge < -0.3 is 9.73 Å². The summed E-state index contributed by atoms with van der Waals surface area (Å²) in [5.41, 5.74) is 0.947.